The van der Waals surface area contributed by atoms with Crippen molar-refractivity contribution in [2.24, 2.45) is 0 Å². The number of hydrogen-bond donors (Lipinski definition) is 1. The summed E-state index contributed by atoms with van der Waals surface area (Å²) in [6.45, 7) is 1.74. The Kier molecular flexibility index (Phi) is 4.22. The van der Waals surface area contributed by atoms with Crippen LogP contribution in [0.5, 0.6) is 0 Å². The van der Waals surface area contributed by atoms with Crippen LogP contribution in [0.4, 0.5) is 4.39 Å². The fraction of sp³-hybridized carbons (Fsp3) is 0.421. The maximum absolute atomic E-state index is 14.2. The van der Waals surface area contributed by atoms with Crippen LogP contribution in [0.2, 0.25) is 0 Å². The minimum absolute atomic E-state index is 0.221. The number of nitrogens with zero attached hydrogens (tertiary/aromatic N) is 3. The third-order valence-corrected chi connectivity index (χ3v) is 4.99. The Morgan fingerprint density at radius 1 is 1.19 bits per heavy atom. The average Bonchev–Trinajstić information content (AvgIpc) is 3.35. The van der Waals surface area contributed by atoms with Gasteiger partial charge in [0.15, 0.2) is 5.67 Å². The number of carbonyl (C=O) groups is 2. The standard InChI is InChI=1S/C19H21FN4O2/c20-19(7-8-19)18(26)23-9-4-10-24-16(13-23)15(12-22-24)17(25)21-11-14-5-2-1-3-6-14/h1-3,5-6,12H,4,7-11,13H2,(H,21,25). The average molecular weight is 356 g/mol. The van der Waals surface area contributed by atoms with Gasteiger partial charge >= 0.3 is 0 Å². The molecule has 2 aliphatic rings. The largest absolute Gasteiger partial charge is 0.348 e. The number of hydrogen-bond acceptors (Lipinski definition) is 3. The molecule has 0 unspecified atom stereocenters. The van der Waals surface area contributed by atoms with E-state index in [0.29, 0.717) is 50.2 Å². The molecule has 1 saturated carbocycles. The van der Waals surface area contributed by atoms with Crippen molar-refractivity contribution in [2.45, 2.75) is 44.6 Å². The van der Waals surface area contributed by atoms with E-state index in [1.165, 1.54) is 11.1 Å². The fourth-order valence-electron chi connectivity index (χ4n) is 3.28. The number of aryl methyl sites for hydroxylation is 1. The molecule has 7 heteroatoms. The van der Waals surface area contributed by atoms with Gasteiger partial charge in [-0.1, -0.05) is 30.3 Å². The number of fused-ring (bicyclic) bond motifs is 1. The molecular formula is C19H21FN4O2. The first kappa shape index (κ1) is 16.8. The molecule has 1 aliphatic heterocycles. The summed E-state index contributed by atoms with van der Waals surface area (Å²) >= 11 is 0. The van der Waals surface area contributed by atoms with Crippen LogP contribution in [0.1, 0.15) is 40.9 Å². The van der Waals surface area contributed by atoms with E-state index in [2.05, 4.69) is 10.4 Å². The van der Waals surface area contributed by atoms with Gasteiger partial charge in [-0.25, -0.2) is 4.39 Å². The Morgan fingerprint density at radius 3 is 2.69 bits per heavy atom. The highest BCUT2D eigenvalue weighted by molar-refractivity contribution is 5.95. The molecule has 2 aromatic rings. The predicted octanol–water partition coefficient (Wildman–Crippen LogP) is 2.05. The van der Waals surface area contributed by atoms with Crippen LogP contribution < -0.4 is 5.32 Å². The van der Waals surface area contributed by atoms with Crippen LogP contribution in [-0.2, 0) is 24.4 Å². The number of halogens is 1. The third kappa shape index (κ3) is 3.21. The van der Waals surface area contributed by atoms with E-state index in [0.717, 1.165) is 5.56 Å². The van der Waals surface area contributed by atoms with Crippen molar-refractivity contribution in [3.63, 3.8) is 0 Å². The van der Waals surface area contributed by atoms with Crippen molar-refractivity contribution < 1.29 is 14.0 Å². The van der Waals surface area contributed by atoms with Crippen molar-refractivity contribution >= 4 is 11.8 Å². The van der Waals surface area contributed by atoms with E-state index in [-0.39, 0.29) is 12.5 Å². The maximum Gasteiger partial charge on any atom is 0.260 e. The minimum atomic E-state index is -1.69. The quantitative estimate of drug-likeness (QED) is 0.912. The molecule has 1 aliphatic carbocycles. The fourth-order valence-corrected chi connectivity index (χ4v) is 3.28. The van der Waals surface area contributed by atoms with Crippen LogP contribution in [0.25, 0.3) is 0 Å². The van der Waals surface area contributed by atoms with Gasteiger partial charge in [0.2, 0.25) is 0 Å². The summed E-state index contributed by atoms with van der Waals surface area (Å²) in [4.78, 5) is 26.5. The molecule has 1 fully saturated rings. The lowest BCUT2D eigenvalue weighted by molar-refractivity contribution is -0.138. The smallest absolute Gasteiger partial charge is 0.260 e. The minimum Gasteiger partial charge on any atom is -0.348 e. The highest BCUT2D eigenvalue weighted by Gasteiger charge is 2.53. The summed E-state index contributed by atoms with van der Waals surface area (Å²) in [5, 5.41) is 7.18. The normalized spacial score (nSPS) is 18.0. The number of benzene rings is 1. The zero-order chi connectivity index (χ0) is 18.1. The van der Waals surface area contributed by atoms with Gasteiger partial charge in [-0.3, -0.25) is 14.3 Å². The Hall–Kier alpha value is -2.70. The lowest BCUT2D eigenvalue weighted by atomic mass is 10.2. The van der Waals surface area contributed by atoms with E-state index < -0.39 is 11.6 Å². The van der Waals surface area contributed by atoms with E-state index in [1.54, 1.807) is 4.68 Å². The lowest BCUT2D eigenvalue weighted by Gasteiger charge is -2.22. The number of rotatable bonds is 4. The second-order valence-electron chi connectivity index (χ2n) is 6.94. The molecule has 0 bridgehead atoms. The van der Waals surface area contributed by atoms with Gasteiger partial charge in [0.1, 0.15) is 0 Å². The van der Waals surface area contributed by atoms with Crippen LogP contribution >= 0.6 is 0 Å². The predicted molar refractivity (Wildman–Crippen MR) is 92.9 cm³/mol. The first-order valence-electron chi connectivity index (χ1n) is 8.92. The van der Waals surface area contributed by atoms with Crippen molar-refractivity contribution in [2.75, 3.05) is 6.54 Å². The number of alkyl halides is 1. The van der Waals surface area contributed by atoms with Gasteiger partial charge in [-0.15, -0.1) is 0 Å². The van der Waals surface area contributed by atoms with E-state index >= 15 is 0 Å². The van der Waals surface area contributed by atoms with E-state index in [9.17, 15) is 14.0 Å². The second-order valence-corrected chi connectivity index (χ2v) is 6.94. The SMILES string of the molecule is O=C(NCc1ccccc1)c1cnn2c1CN(C(=O)C1(F)CC1)CCC2. The molecule has 136 valence electrons. The molecule has 0 saturated heterocycles. The molecule has 1 aromatic heterocycles. The molecular weight excluding hydrogens is 335 g/mol. The number of carbonyl (C=O) groups excluding carboxylic acids is 2. The lowest BCUT2D eigenvalue weighted by Crippen LogP contribution is -2.38. The molecule has 0 radical (unpaired) electrons. The first-order valence-corrected chi connectivity index (χ1v) is 8.92. The van der Waals surface area contributed by atoms with Gasteiger partial charge < -0.3 is 10.2 Å². The molecule has 2 heterocycles. The summed E-state index contributed by atoms with van der Waals surface area (Å²) in [5.74, 6) is -0.687. The topological polar surface area (TPSA) is 67.2 Å². The van der Waals surface area contributed by atoms with Crippen LogP contribution in [-0.4, -0.2) is 38.7 Å². The number of nitrogens with one attached hydrogen (secondary N) is 1. The van der Waals surface area contributed by atoms with Gasteiger partial charge in [0.05, 0.1) is 24.0 Å². The summed E-state index contributed by atoms with van der Waals surface area (Å²) in [6, 6.07) is 9.64. The van der Waals surface area contributed by atoms with Crippen molar-refractivity contribution in [1.82, 2.24) is 20.0 Å². The highest BCUT2D eigenvalue weighted by Crippen LogP contribution is 2.42. The molecule has 26 heavy (non-hydrogen) atoms. The number of amides is 2. The van der Waals surface area contributed by atoms with Crippen LogP contribution in [0.3, 0.4) is 0 Å². The van der Waals surface area contributed by atoms with Crippen molar-refractivity contribution in [1.29, 1.82) is 0 Å². The van der Waals surface area contributed by atoms with Gasteiger partial charge in [-0.05, 0) is 24.8 Å². The van der Waals surface area contributed by atoms with Gasteiger partial charge in [0.25, 0.3) is 11.8 Å². The Morgan fingerprint density at radius 2 is 1.96 bits per heavy atom. The molecule has 0 atom stereocenters. The molecule has 6 nitrogen and oxygen atoms in total. The highest BCUT2D eigenvalue weighted by atomic mass is 19.1. The molecule has 2 amide bonds. The molecule has 0 spiro atoms. The summed E-state index contributed by atoms with van der Waals surface area (Å²) in [7, 11) is 0. The Bertz CT molecular complexity index is 829. The molecule has 4 rings (SSSR count). The zero-order valence-corrected chi connectivity index (χ0v) is 14.4. The van der Waals surface area contributed by atoms with Crippen molar-refractivity contribution in [3.05, 3.63) is 53.3 Å². The molecule has 1 aromatic carbocycles. The van der Waals surface area contributed by atoms with Crippen LogP contribution in [0, 0.1) is 0 Å². The van der Waals surface area contributed by atoms with E-state index in [4.69, 9.17) is 0 Å². The first-order chi connectivity index (χ1) is 12.6. The summed E-state index contributed by atoms with van der Waals surface area (Å²) in [6.07, 6.45) is 2.82. The Balaban J connectivity index is 1.49. The van der Waals surface area contributed by atoms with E-state index in [1.807, 2.05) is 30.3 Å². The maximum atomic E-state index is 14.2. The molecule has 1 N–H and O–H groups in total. The summed E-state index contributed by atoms with van der Waals surface area (Å²) < 4.78 is 15.9. The summed E-state index contributed by atoms with van der Waals surface area (Å²) in [5.41, 5.74) is 0.435. The monoisotopic (exact) mass is 356 g/mol. The van der Waals surface area contributed by atoms with Crippen LogP contribution in [0.15, 0.2) is 36.5 Å². The van der Waals surface area contributed by atoms with Gasteiger partial charge in [0, 0.05) is 19.6 Å². The zero-order valence-electron chi connectivity index (χ0n) is 14.4. The Labute approximate surface area is 151 Å². The second kappa shape index (κ2) is 6.55. The van der Waals surface area contributed by atoms with Gasteiger partial charge in [-0.2, -0.15) is 5.10 Å². The third-order valence-electron chi connectivity index (χ3n) is 4.99. The number of aromatic nitrogens is 2. The van der Waals surface area contributed by atoms with Crippen molar-refractivity contribution in [3.8, 4) is 0 Å².